The molecule has 2 heterocycles. The van der Waals surface area contributed by atoms with Gasteiger partial charge in [-0.1, -0.05) is 30.0 Å². The van der Waals surface area contributed by atoms with Crippen LogP contribution in [0.3, 0.4) is 0 Å². The number of nitrogens with two attached hydrogens (primary N) is 1. The fraction of sp³-hybridized carbons (Fsp3) is 0.267. The number of thioether (sulfide) groups is 1. The first kappa shape index (κ1) is 13.9. The number of anilines is 2. The lowest BCUT2D eigenvalue weighted by Crippen LogP contribution is -2.24. The van der Waals surface area contributed by atoms with Gasteiger partial charge < -0.3 is 11.1 Å². The van der Waals surface area contributed by atoms with Crippen LogP contribution in [0.1, 0.15) is 17.7 Å². The van der Waals surface area contributed by atoms with Crippen molar-refractivity contribution in [1.82, 2.24) is 9.97 Å². The number of nitrogen functional groups attached to an aromatic ring is 1. The summed E-state index contributed by atoms with van der Waals surface area (Å²) in [5.41, 5.74) is 8.61. The molecule has 1 aromatic heterocycles. The van der Waals surface area contributed by atoms with Crippen LogP contribution < -0.4 is 11.1 Å². The summed E-state index contributed by atoms with van der Waals surface area (Å²) in [7, 11) is 0. The summed E-state index contributed by atoms with van der Waals surface area (Å²) in [6.07, 6.45) is 1.61. The summed E-state index contributed by atoms with van der Waals surface area (Å²) < 4.78 is 0. The number of benzene rings is 1. The fourth-order valence-corrected chi connectivity index (χ4v) is 3.36. The first-order valence-electron chi connectivity index (χ1n) is 6.78. The van der Waals surface area contributed by atoms with Crippen LogP contribution in [0, 0.1) is 6.92 Å². The average molecular weight is 300 g/mol. The summed E-state index contributed by atoms with van der Waals surface area (Å²) in [6, 6.07) is 9.61. The number of aromatic nitrogens is 2. The van der Waals surface area contributed by atoms with E-state index in [0.717, 1.165) is 24.2 Å². The number of hydrogen-bond acceptors (Lipinski definition) is 5. The highest BCUT2D eigenvalue weighted by atomic mass is 32.2. The smallest absolute Gasteiger partial charge is 0.237 e. The van der Waals surface area contributed by atoms with Gasteiger partial charge in [0.25, 0.3) is 0 Å². The van der Waals surface area contributed by atoms with Crippen molar-refractivity contribution in [1.29, 1.82) is 0 Å². The normalized spacial score (nSPS) is 17.8. The Morgan fingerprint density at radius 1 is 1.33 bits per heavy atom. The molecule has 1 atom stereocenters. The maximum atomic E-state index is 12.3. The van der Waals surface area contributed by atoms with Gasteiger partial charge >= 0.3 is 0 Å². The topological polar surface area (TPSA) is 80.9 Å². The van der Waals surface area contributed by atoms with Crippen LogP contribution >= 0.6 is 11.8 Å². The lowest BCUT2D eigenvalue weighted by atomic mass is 10.1. The number of para-hydroxylation sites is 1. The molecule has 0 aliphatic carbocycles. The Balaban J connectivity index is 1.79. The number of carbonyl (C=O) groups is 1. The number of fused-ring (bicyclic) bond motifs is 1. The molecule has 1 amide bonds. The summed E-state index contributed by atoms with van der Waals surface area (Å²) >= 11 is 1.37. The van der Waals surface area contributed by atoms with Gasteiger partial charge in [0.15, 0.2) is 5.16 Å². The number of rotatable bonds is 2. The number of amides is 1. The minimum Gasteiger partial charge on any atom is -0.384 e. The zero-order valence-electron chi connectivity index (χ0n) is 11.7. The Bertz CT molecular complexity index is 669. The van der Waals surface area contributed by atoms with Crippen molar-refractivity contribution in [2.45, 2.75) is 30.2 Å². The Labute approximate surface area is 127 Å². The molecule has 1 aliphatic rings. The molecule has 6 heteroatoms. The number of hydrogen-bond donors (Lipinski definition) is 2. The second-order valence-corrected chi connectivity index (χ2v) is 6.18. The minimum atomic E-state index is -0.210. The lowest BCUT2D eigenvalue weighted by molar-refractivity contribution is -0.115. The molecule has 5 nitrogen and oxygen atoms in total. The zero-order valence-corrected chi connectivity index (χ0v) is 12.5. The maximum Gasteiger partial charge on any atom is 0.237 e. The number of carbonyl (C=O) groups excluding carboxylic acids is 1. The standard InChI is InChI=1S/C15H16N4OS/c1-9-8-13(16)19-15(17-9)21-12-7-6-10-4-2-3-5-11(10)18-14(12)20/h2-5,8,12H,6-7H2,1H3,(H,18,20)(H2,16,17,19)/t12-/m1/s1. The molecular weight excluding hydrogens is 284 g/mol. The minimum absolute atomic E-state index is 0.00590. The fourth-order valence-electron chi connectivity index (χ4n) is 2.35. The van der Waals surface area contributed by atoms with Gasteiger partial charge in [0.2, 0.25) is 5.91 Å². The Morgan fingerprint density at radius 2 is 2.14 bits per heavy atom. The molecule has 0 bridgehead atoms. The van der Waals surface area contributed by atoms with E-state index in [1.54, 1.807) is 6.07 Å². The first-order chi connectivity index (χ1) is 10.1. The van der Waals surface area contributed by atoms with Crippen molar-refractivity contribution >= 4 is 29.2 Å². The third kappa shape index (κ3) is 3.16. The van der Waals surface area contributed by atoms with E-state index in [0.29, 0.717) is 11.0 Å². The van der Waals surface area contributed by atoms with Crippen molar-refractivity contribution in [2.24, 2.45) is 0 Å². The molecule has 2 aromatic rings. The molecule has 3 N–H and O–H groups in total. The van der Waals surface area contributed by atoms with Crippen molar-refractivity contribution in [2.75, 3.05) is 11.1 Å². The second kappa shape index (κ2) is 5.73. The third-order valence-corrected chi connectivity index (χ3v) is 4.47. The van der Waals surface area contributed by atoms with E-state index in [1.807, 2.05) is 31.2 Å². The van der Waals surface area contributed by atoms with Gasteiger partial charge in [0.05, 0.1) is 5.25 Å². The molecule has 1 aliphatic heterocycles. The maximum absolute atomic E-state index is 12.3. The summed E-state index contributed by atoms with van der Waals surface area (Å²) in [6.45, 7) is 1.87. The van der Waals surface area contributed by atoms with Crippen LogP contribution in [-0.4, -0.2) is 21.1 Å². The van der Waals surface area contributed by atoms with Crippen molar-refractivity contribution in [3.05, 3.63) is 41.6 Å². The molecule has 108 valence electrons. The quantitative estimate of drug-likeness (QED) is 0.832. The molecule has 3 rings (SSSR count). The van der Waals surface area contributed by atoms with E-state index < -0.39 is 0 Å². The highest BCUT2D eigenvalue weighted by Gasteiger charge is 2.25. The first-order valence-corrected chi connectivity index (χ1v) is 7.66. The van der Waals surface area contributed by atoms with Gasteiger partial charge in [-0.05, 0) is 31.4 Å². The summed E-state index contributed by atoms with van der Waals surface area (Å²) in [5, 5.41) is 3.32. The van der Waals surface area contributed by atoms with Crippen molar-refractivity contribution in [3.8, 4) is 0 Å². The summed E-state index contributed by atoms with van der Waals surface area (Å²) in [4.78, 5) is 20.9. The van der Waals surface area contributed by atoms with E-state index in [1.165, 1.54) is 17.3 Å². The van der Waals surface area contributed by atoms with Gasteiger partial charge in [-0.15, -0.1) is 0 Å². The van der Waals surface area contributed by atoms with Crippen LogP contribution in [-0.2, 0) is 11.2 Å². The number of nitrogens with zero attached hydrogens (tertiary/aromatic N) is 2. The Kier molecular flexibility index (Phi) is 3.79. The molecule has 21 heavy (non-hydrogen) atoms. The molecular formula is C15H16N4OS. The zero-order chi connectivity index (χ0) is 14.8. The highest BCUT2D eigenvalue weighted by Crippen LogP contribution is 2.30. The van der Waals surface area contributed by atoms with E-state index in [-0.39, 0.29) is 11.2 Å². The Morgan fingerprint density at radius 3 is 2.95 bits per heavy atom. The SMILES string of the molecule is Cc1cc(N)nc(S[C@@H]2CCc3ccccc3NC2=O)n1. The van der Waals surface area contributed by atoms with Crippen molar-refractivity contribution < 1.29 is 4.79 Å². The van der Waals surface area contributed by atoms with E-state index in [4.69, 9.17) is 5.73 Å². The molecule has 0 saturated heterocycles. The Hall–Kier alpha value is -2.08. The second-order valence-electron chi connectivity index (χ2n) is 5.01. The van der Waals surface area contributed by atoms with Crippen molar-refractivity contribution in [3.63, 3.8) is 0 Å². The highest BCUT2D eigenvalue weighted by molar-refractivity contribution is 8.00. The predicted octanol–water partition coefficient (Wildman–Crippen LogP) is 2.41. The molecule has 0 spiro atoms. The largest absolute Gasteiger partial charge is 0.384 e. The molecule has 1 aromatic carbocycles. The van der Waals surface area contributed by atoms with Gasteiger partial charge in [-0.3, -0.25) is 4.79 Å². The number of aryl methyl sites for hydroxylation is 2. The van der Waals surface area contributed by atoms with Crippen LogP contribution in [0.4, 0.5) is 11.5 Å². The van der Waals surface area contributed by atoms with Crippen LogP contribution in [0.2, 0.25) is 0 Å². The molecule has 0 unspecified atom stereocenters. The molecule has 0 fully saturated rings. The van der Waals surface area contributed by atoms with Crippen LogP contribution in [0.15, 0.2) is 35.5 Å². The van der Waals surface area contributed by atoms with E-state index >= 15 is 0 Å². The van der Waals surface area contributed by atoms with Crippen LogP contribution in [0.5, 0.6) is 0 Å². The van der Waals surface area contributed by atoms with E-state index in [9.17, 15) is 4.79 Å². The van der Waals surface area contributed by atoms with Gasteiger partial charge in [-0.2, -0.15) is 0 Å². The monoisotopic (exact) mass is 300 g/mol. The van der Waals surface area contributed by atoms with Gasteiger partial charge in [0, 0.05) is 17.4 Å². The third-order valence-electron chi connectivity index (χ3n) is 3.34. The average Bonchev–Trinajstić information content (AvgIpc) is 2.58. The number of nitrogens with one attached hydrogen (secondary N) is 1. The predicted molar refractivity (Wildman–Crippen MR) is 84.2 cm³/mol. The van der Waals surface area contributed by atoms with E-state index in [2.05, 4.69) is 15.3 Å². The lowest BCUT2D eigenvalue weighted by Gasteiger charge is -2.12. The van der Waals surface area contributed by atoms with Gasteiger partial charge in [-0.25, -0.2) is 9.97 Å². The molecule has 0 radical (unpaired) electrons. The van der Waals surface area contributed by atoms with Gasteiger partial charge in [0.1, 0.15) is 5.82 Å². The summed E-state index contributed by atoms with van der Waals surface area (Å²) in [5.74, 6) is 0.427. The van der Waals surface area contributed by atoms with Crippen LogP contribution in [0.25, 0.3) is 0 Å². The molecule has 0 saturated carbocycles.